The average molecular weight is 265 g/mol. The molecule has 0 spiro atoms. The topological polar surface area (TPSA) is 60.8 Å². The van der Waals surface area contributed by atoms with Crippen molar-refractivity contribution >= 4 is 11.6 Å². The van der Waals surface area contributed by atoms with Gasteiger partial charge < -0.3 is 4.74 Å². The molecule has 0 aliphatic heterocycles. The van der Waals surface area contributed by atoms with Gasteiger partial charge in [-0.25, -0.2) is 0 Å². The molecule has 0 aliphatic rings. The van der Waals surface area contributed by atoms with Crippen LogP contribution in [0.1, 0.15) is 19.0 Å². The number of rotatable bonds is 4. The summed E-state index contributed by atoms with van der Waals surface area (Å²) in [4.78, 5) is 16.4. The maximum atomic E-state index is 5.86. The van der Waals surface area contributed by atoms with Crippen LogP contribution >= 0.6 is 11.6 Å². The molecule has 2 heterocycles. The highest BCUT2D eigenvalue weighted by atomic mass is 35.5. The molecule has 0 saturated heterocycles. The molecule has 5 nitrogen and oxygen atoms in total. The van der Waals surface area contributed by atoms with E-state index in [4.69, 9.17) is 16.3 Å². The molecule has 0 aliphatic carbocycles. The largest absolute Gasteiger partial charge is 0.463 e. The lowest BCUT2D eigenvalue weighted by Crippen LogP contribution is -2.03. The number of ether oxygens (including phenoxy) is 1. The van der Waals surface area contributed by atoms with Gasteiger partial charge in [-0.15, -0.1) is 0 Å². The lowest BCUT2D eigenvalue weighted by molar-refractivity contribution is 0.291. The van der Waals surface area contributed by atoms with E-state index in [0.29, 0.717) is 12.4 Å². The second kappa shape index (κ2) is 5.73. The van der Waals surface area contributed by atoms with Gasteiger partial charge >= 0.3 is 6.01 Å². The quantitative estimate of drug-likeness (QED) is 0.850. The Morgan fingerprint density at radius 1 is 1.28 bits per heavy atom. The Morgan fingerprint density at radius 3 is 2.83 bits per heavy atom. The van der Waals surface area contributed by atoms with Crippen LogP contribution in [-0.2, 0) is 0 Å². The van der Waals surface area contributed by atoms with E-state index >= 15 is 0 Å². The fourth-order valence-electron chi connectivity index (χ4n) is 1.40. The van der Waals surface area contributed by atoms with Gasteiger partial charge in [0.25, 0.3) is 0 Å². The summed E-state index contributed by atoms with van der Waals surface area (Å²) in [6, 6.07) is 3.96. The molecule has 0 radical (unpaired) electrons. The van der Waals surface area contributed by atoms with Gasteiger partial charge in [0, 0.05) is 17.5 Å². The summed E-state index contributed by atoms with van der Waals surface area (Å²) in [6.45, 7) is 4.46. The van der Waals surface area contributed by atoms with Crippen molar-refractivity contribution in [3.63, 3.8) is 0 Å². The normalized spacial score (nSPS) is 10.4. The highest BCUT2D eigenvalue weighted by Crippen LogP contribution is 2.18. The number of nitrogens with zero attached hydrogens (tertiary/aromatic N) is 4. The van der Waals surface area contributed by atoms with Gasteiger partial charge in [0.05, 0.1) is 6.61 Å². The third kappa shape index (κ3) is 3.13. The van der Waals surface area contributed by atoms with Crippen LogP contribution in [0.2, 0.25) is 5.28 Å². The van der Waals surface area contributed by atoms with Crippen LogP contribution in [0.4, 0.5) is 0 Å². The standard InChI is InChI=1S/C12H13ClN4O/c1-3-6-18-12-16-10(15-11(13)17-12)9-4-5-14-8(2)7-9/h4-5,7H,3,6H2,1-2H3. The predicted molar refractivity (Wildman–Crippen MR) is 68.6 cm³/mol. The number of halogens is 1. The van der Waals surface area contributed by atoms with Gasteiger partial charge in [0.15, 0.2) is 5.82 Å². The van der Waals surface area contributed by atoms with Crippen molar-refractivity contribution in [3.05, 3.63) is 29.3 Å². The molecule has 2 aromatic heterocycles. The molecule has 0 bridgehead atoms. The second-order valence-electron chi connectivity index (χ2n) is 3.74. The highest BCUT2D eigenvalue weighted by molar-refractivity contribution is 6.28. The molecule has 0 fully saturated rings. The van der Waals surface area contributed by atoms with E-state index in [9.17, 15) is 0 Å². The summed E-state index contributed by atoms with van der Waals surface area (Å²) in [6.07, 6.45) is 2.59. The Labute approximate surface area is 110 Å². The van der Waals surface area contributed by atoms with Crippen LogP contribution in [0.5, 0.6) is 6.01 Å². The highest BCUT2D eigenvalue weighted by Gasteiger charge is 2.08. The fraction of sp³-hybridized carbons (Fsp3) is 0.333. The first-order valence-corrected chi connectivity index (χ1v) is 6.04. The molecule has 2 aromatic rings. The Kier molecular flexibility index (Phi) is 4.04. The molecule has 0 amide bonds. The smallest absolute Gasteiger partial charge is 0.321 e. The van der Waals surface area contributed by atoms with Gasteiger partial charge in [-0.05, 0) is 37.1 Å². The first-order valence-electron chi connectivity index (χ1n) is 5.66. The average Bonchev–Trinajstić information content (AvgIpc) is 2.36. The molecule has 6 heteroatoms. The van der Waals surface area contributed by atoms with Gasteiger partial charge in [-0.1, -0.05) is 6.92 Å². The third-order valence-corrected chi connectivity index (χ3v) is 2.35. The minimum atomic E-state index is 0.126. The van der Waals surface area contributed by atoms with Crippen LogP contribution in [0.15, 0.2) is 18.3 Å². The van der Waals surface area contributed by atoms with Crippen molar-refractivity contribution in [2.75, 3.05) is 6.61 Å². The summed E-state index contributed by atoms with van der Waals surface area (Å²) in [5.41, 5.74) is 1.73. The molecule has 0 saturated carbocycles. The number of aryl methyl sites for hydroxylation is 1. The summed E-state index contributed by atoms with van der Waals surface area (Å²) in [5, 5.41) is 0.126. The van der Waals surface area contributed by atoms with Crippen molar-refractivity contribution in [3.8, 4) is 17.4 Å². The predicted octanol–water partition coefficient (Wildman–Crippen LogP) is 2.68. The number of hydrogen-bond donors (Lipinski definition) is 0. The van der Waals surface area contributed by atoms with Crippen molar-refractivity contribution in [1.82, 2.24) is 19.9 Å². The lowest BCUT2D eigenvalue weighted by Gasteiger charge is -2.05. The van der Waals surface area contributed by atoms with E-state index in [-0.39, 0.29) is 11.3 Å². The second-order valence-corrected chi connectivity index (χ2v) is 4.08. The first kappa shape index (κ1) is 12.7. The molecule has 0 unspecified atom stereocenters. The van der Waals surface area contributed by atoms with Crippen molar-refractivity contribution in [1.29, 1.82) is 0 Å². The molecule has 18 heavy (non-hydrogen) atoms. The summed E-state index contributed by atoms with van der Waals surface area (Å²) < 4.78 is 5.37. The Hall–Kier alpha value is -1.75. The van der Waals surface area contributed by atoms with E-state index in [1.54, 1.807) is 6.20 Å². The van der Waals surface area contributed by atoms with Crippen molar-refractivity contribution in [2.24, 2.45) is 0 Å². The van der Waals surface area contributed by atoms with Crippen molar-refractivity contribution < 1.29 is 4.74 Å². The maximum absolute atomic E-state index is 5.86. The van der Waals surface area contributed by atoms with Crippen LogP contribution in [-0.4, -0.2) is 26.5 Å². The maximum Gasteiger partial charge on any atom is 0.321 e. The lowest BCUT2D eigenvalue weighted by atomic mass is 10.2. The van der Waals surface area contributed by atoms with E-state index in [2.05, 4.69) is 19.9 Å². The van der Waals surface area contributed by atoms with E-state index in [1.807, 2.05) is 26.0 Å². The summed E-state index contributed by atoms with van der Waals surface area (Å²) in [5.74, 6) is 0.492. The monoisotopic (exact) mass is 264 g/mol. The van der Waals surface area contributed by atoms with Crippen LogP contribution in [0, 0.1) is 6.92 Å². The minimum Gasteiger partial charge on any atom is -0.463 e. The van der Waals surface area contributed by atoms with Gasteiger partial charge in [0.1, 0.15) is 0 Å². The third-order valence-electron chi connectivity index (χ3n) is 2.18. The number of pyridine rings is 1. The zero-order chi connectivity index (χ0) is 13.0. The van der Waals surface area contributed by atoms with Crippen LogP contribution in [0.3, 0.4) is 0 Å². The number of aromatic nitrogens is 4. The Morgan fingerprint density at radius 2 is 2.11 bits per heavy atom. The minimum absolute atomic E-state index is 0.126. The van der Waals surface area contributed by atoms with Gasteiger partial charge in [-0.3, -0.25) is 4.98 Å². The molecule has 2 rings (SSSR count). The first-order chi connectivity index (χ1) is 8.69. The molecule has 94 valence electrons. The molecule has 0 atom stereocenters. The zero-order valence-electron chi connectivity index (χ0n) is 10.2. The fourth-order valence-corrected chi connectivity index (χ4v) is 1.56. The van der Waals surface area contributed by atoms with Crippen molar-refractivity contribution in [2.45, 2.75) is 20.3 Å². The zero-order valence-corrected chi connectivity index (χ0v) is 11.0. The van der Waals surface area contributed by atoms with E-state index in [0.717, 1.165) is 17.7 Å². The van der Waals surface area contributed by atoms with E-state index in [1.165, 1.54) is 0 Å². The Bertz CT molecular complexity index is 547. The number of hydrogen-bond acceptors (Lipinski definition) is 5. The SMILES string of the molecule is CCCOc1nc(Cl)nc(-c2ccnc(C)c2)n1. The molecule has 0 N–H and O–H groups in total. The van der Waals surface area contributed by atoms with Crippen LogP contribution in [0.25, 0.3) is 11.4 Å². The van der Waals surface area contributed by atoms with Gasteiger partial charge in [-0.2, -0.15) is 15.0 Å². The molecular formula is C12H13ClN4O. The molecular weight excluding hydrogens is 252 g/mol. The van der Waals surface area contributed by atoms with Gasteiger partial charge in [0.2, 0.25) is 5.28 Å². The molecule has 0 aromatic carbocycles. The van der Waals surface area contributed by atoms with Crippen LogP contribution < -0.4 is 4.74 Å². The summed E-state index contributed by atoms with van der Waals surface area (Å²) >= 11 is 5.86. The summed E-state index contributed by atoms with van der Waals surface area (Å²) in [7, 11) is 0. The van der Waals surface area contributed by atoms with E-state index < -0.39 is 0 Å². The Balaban J connectivity index is 2.35.